The fourth-order valence-electron chi connectivity index (χ4n) is 2.39. The van der Waals surface area contributed by atoms with Gasteiger partial charge in [-0.05, 0) is 0 Å². The summed E-state index contributed by atoms with van der Waals surface area (Å²) in [5.41, 5.74) is 1.95. The Balaban J connectivity index is 1.86. The van der Waals surface area contributed by atoms with Crippen molar-refractivity contribution in [2.24, 2.45) is 0 Å². The molecule has 0 saturated heterocycles. The molecule has 0 radical (unpaired) electrons. The first kappa shape index (κ1) is 14.9. The molecule has 3 rings (SSSR count). The Morgan fingerprint density at radius 1 is 1.10 bits per heavy atom. The molecule has 6 heteroatoms. The van der Waals surface area contributed by atoms with Crippen molar-refractivity contribution in [3.63, 3.8) is 0 Å². The average Bonchev–Trinajstić information content (AvgIpc) is 2.84. The molecule has 0 unspecified atom stereocenters. The minimum atomic E-state index is -3.17. The van der Waals surface area contributed by atoms with E-state index in [1.807, 2.05) is 36.4 Å². The molecule has 0 bridgehead atoms. The maximum atomic E-state index is 11.7. The van der Waals surface area contributed by atoms with Crippen molar-refractivity contribution < 1.29 is 8.42 Å². The first-order chi connectivity index (χ1) is 9.93. The van der Waals surface area contributed by atoms with Gasteiger partial charge in [-0.15, -0.1) is 0 Å². The predicted molar refractivity (Wildman–Crippen MR) is 88.8 cm³/mol. The zero-order valence-electron chi connectivity index (χ0n) is 11.4. The minimum absolute atomic E-state index is 0.206. The van der Waals surface area contributed by atoms with E-state index in [4.69, 9.17) is 11.6 Å². The standard InChI is InChI=1S/C15H14ClNO2SSe/c1-20(18,19)17-9-8-11-10-14(6-7-15(11)17)21-13-4-2-12(16)3-5-13/h2-7,10H,8-9H2,1H3. The summed E-state index contributed by atoms with van der Waals surface area (Å²) in [6.45, 7) is 0.547. The van der Waals surface area contributed by atoms with E-state index in [2.05, 4.69) is 6.07 Å². The Morgan fingerprint density at radius 3 is 2.43 bits per heavy atom. The third-order valence-electron chi connectivity index (χ3n) is 3.35. The molecule has 2 aromatic rings. The number of anilines is 1. The second-order valence-electron chi connectivity index (χ2n) is 4.93. The number of sulfonamides is 1. The first-order valence-electron chi connectivity index (χ1n) is 6.47. The van der Waals surface area contributed by atoms with Gasteiger partial charge in [-0.2, -0.15) is 0 Å². The Bertz CT molecular complexity index is 775. The molecule has 0 atom stereocenters. The summed E-state index contributed by atoms with van der Waals surface area (Å²) in [6, 6.07) is 14.0. The molecular weight excluding hydrogens is 373 g/mol. The van der Waals surface area contributed by atoms with E-state index in [0.29, 0.717) is 6.54 Å². The summed E-state index contributed by atoms with van der Waals surface area (Å²) in [5.74, 6) is 0. The Morgan fingerprint density at radius 2 is 1.76 bits per heavy atom. The van der Waals surface area contributed by atoms with Crippen LogP contribution in [0.4, 0.5) is 5.69 Å². The van der Waals surface area contributed by atoms with Crippen molar-refractivity contribution in [2.45, 2.75) is 6.42 Å². The van der Waals surface area contributed by atoms with E-state index < -0.39 is 10.0 Å². The van der Waals surface area contributed by atoms with Gasteiger partial charge >= 0.3 is 136 Å². The Kier molecular flexibility index (Phi) is 4.02. The van der Waals surface area contributed by atoms with E-state index in [-0.39, 0.29) is 15.0 Å². The van der Waals surface area contributed by atoms with Gasteiger partial charge in [0.25, 0.3) is 0 Å². The summed E-state index contributed by atoms with van der Waals surface area (Å²) in [7, 11) is -3.17. The van der Waals surface area contributed by atoms with E-state index in [0.717, 1.165) is 22.7 Å². The molecule has 0 aromatic heterocycles. The van der Waals surface area contributed by atoms with Crippen molar-refractivity contribution in [3.05, 3.63) is 53.1 Å². The van der Waals surface area contributed by atoms with Gasteiger partial charge in [-0.3, -0.25) is 0 Å². The monoisotopic (exact) mass is 387 g/mol. The van der Waals surface area contributed by atoms with Gasteiger partial charge in [0.05, 0.1) is 0 Å². The third-order valence-corrected chi connectivity index (χ3v) is 6.88. The van der Waals surface area contributed by atoms with Crippen molar-refractivity contribution in [1.29, 1.82) is 0 Å². The van der Waals surface area contributed by atoms with Gasteiger partial charge in [-0.1, -0.05) is 0 Å². The van der Waals surface area contributed by atoms with Crippen LogP contribution in [0.2, 0.25) is 5.02 Å². The number of halogens is 1. The van der Waals surface area contributed by atoms with Crippen molar-refractivity contribution in [2.75, 3.05) is 17.1 Å². The van der Waals surface area contributed by atoms with Crippen molar-refractivity contribution >= 4 is 51.2 Å². The van der Waals surface area contributed by atoms with Crippen molar-refractivity contribution in [3.8, 4) is 0 Å². The summed E-state index contributed by atoms with van der Waals surface area (Å²) in [4.78, 5) is 0. The van der Waals surface area contributed by atoms with Gasteiger partial charge in [0.2, 0.25) is 0 Å². The second-order valence-corrected chi connectivity index (χ2v) is 9.68. The molecule has 0 N–H and O–H groups in total. The van der Waals surface area contributed by atoms with Gasteiger partial charge in [0.15, 0.2) is 0 Å². The summed E-state index contributed by atoms with van der Waals surface area (Å²) >= 11 is 6.10. The normalized spacial score (nSPS) is 14.3. The van der Waals surface area contributed by atoms with Crippen LogP contribution in [-0.4, -0.2) is 36.2 Å². The number of fused-ring (bicyclic) bond motifs is 1. The van der Waals surface area contributed by atoms with Gasteiger partial charge in [-0.25, -0.2) is 0 Å². The molecule has 0 amide bonds. The number of nitrogens with zero attached hydrogens (tertiary/aromatic N) is 1. The van der Waals surface area contributed by atoms with Crippen LogP contribution in [0.1, 0.15) is 5.56 Å². The van der Waals surface area contributed by atoms with Crippen LogP contribution in [0.3, 0.4) is 0 Å². The van der Waals surface area contributed by atoms with Crippen LogP contribution in [0.25, 0.3) is 0 Å². The predicted octanol–water partition coefficient (Wildman–Crippen LogP) is 1.32. The molecule has 1 heterocycles. The topological polar surface area (TPSA) is 37.4 Å². The van der Waals surface area contributed by atoms with Gasteiger partial charge in [0, 0.05) is 0 Å². The number of rotatable bonds is 3. The molecule has 2 aromatic carbocycles. The zero-order chi connectivity index (χ0) is 15.0. The summed E-state index contributed by atoms with van der Waals surface area (Å²) in [5, 5.41) is 0.743. The molecule has 0 aliphatic carbocycles. The fraction of sp³-hybridized carbons (Fsp3) is 0.200. The first-order valence-corrected chi connectivity index (χ1v) is 10.4. The number of hydrogen-bond acceptors (Lipinski definition) is 2. The van der Waals surface area contributed by atoms with Crippen LogP contribution in [0.15, 0.2) is 42.5 Å². The molecule has 0 fully saturated rings. The van der Waals surface area contributed by atoms with E-state index >= 15 is 0 Å². The molecule has 21 heavy (non-hydrogen) atoms. The Labute approximate surface area is 136 Å². The summed E-state index contributed by atoms with van der Waals surface area (Å²) in [6.07, 6.45) is 2.04. The van der Waals surface area contributed by atoms with E-state index in [1.165, 1.54) is 19.5 Å². The quantitative estimate of drug-likeness (QED) is 0.746. The molecular formula is C15H14ClNO2SSe. The van der Waals surface area contributed by atoms with Crippen LogP contribution >= 0.6 is 11.6 Å². The molecule has 1 aliphatic heterocycles. The van der Waals surface area contributed by atoms with E-state index in [9.17, 15) is 8.42 Å². The molecule has 0 saturated carbocycles. The second kappa shape index (κ2) is 5.65. The number of hydrogen-bond donors (Lipinski definition) is 0. The Hall–Kier alpha value is -1.00. The van der Waals surface area contributed by atoms with Crippen LogP contribution in [0.5, 0.6) is 0 Å². The summed E-state index contributed by atoms with van der Waals surface area (Å²) < 4.78 is 27.4. The van der Waals surface area contributed by atoms with Crippen LogP contribution in [-0.2, 0) is 16.4 Å². The van der Waals surface area contributed by atoms with Gasteiger partial charge in [0.1, 0.15) is 0 Å². The zero-order valence-corrected chi connectivity index (χ0v) is 14.7. The van der Waals surface area contributed by atoms with Crippen molar-refractivity contribution in [1.82, 2.24) is 0 Å². The maximum absolute atomic E-state index is 11.7. The SMILES string of the molecule is CS(=O)(=O)N1CCc2cc([Se]c3ccc(Cl)cc3)ccc21. The fourth-order valence-corrected chi connectivity index (χ4v) is 5.33. The van der Waals surface area contributed by atoms with Gasteiger partial charge < -0.3 is 0 Å². The molecule has 3 nitrogen and oxygen atoms in total. The molecule has 110 valence electrons. The number of benzene rings is 2. The third kappa shape index (κ3) is 3.27. The average molecular weight is 387 g/mol. The van der Waals surface area contributed by atoms with E-state index in [1.54, 1.807) is 0 Å². The molecule has 1 aliphatic rings. The molecule has 0 spiro atoms. The van der Waals surface area contributed by atoms with Crippen LogP contribution in [0, 0.1) is 0 Å². The van der Waals surface area contributed by atoms with Crippen LogP contribution < -0.4 is 13.2 Å².